The molecule has 2 nitrogen and oxygen atoms in total. The minimum absolute atomic E-state index is 0.179. The summed E-state index contributed by atoms with van der Waals surface area (Å²) in [6.45, 7) is 0.870. The van der Waals surface area contributed by atoms with Crippen LogP contribution in [0.15, 0.2) is 24.3 Å². The van der Waals surface area contributed by atoms with Gasteiger partial charge in [-0.25, -0.2) is 4.39 Å². The first kappa shape index (κ1) is 13.3. The van der Waals surface area contributed by atoms with Crippen molar-refractivity contribution in [3.05, 3.63) is 35.6 Å². The molecule has 0 heterocycles. The number of carbonyl (C=O) groups excluding carboxylic acids is 1. The molecule has 0 aliphatic carbocycles. The maximum Gasteiger partial charge on any atom is 0.253 e. The summed E-state index contributed by atoms with van der Waals surface area (Å²) in [5.74, 6) is 0.160. The largest absolute Gasteiger partial charge is 0.336 e. The van der Waals surface area contributed by atoms with Crippen LogP contribution >= 0.6 is 23.2 Å². The monoisotopic (exact) mass is 263 g/mol. The Hall–Kier alpha value is -0.800. The number of rotatable bonds is 5. The topological polar surface area (TPSA) is 20.3 Å². The van der Waals surface area contributed by atoms with Crippen LogP contribution < -0.4 is 0 Å². The Labute approximate surface area is 104 Å². The van der Waals surface area contributed by atoms with Gasteiger partial charge in [0.1, 0.15) is 5.82 Å². The van der Waals surface area contributed by atoms with E-state index >= 15 is 0 Å². The molecule has 0 saturated carbocycles. The number of alkyl halides is 2. The number of nitrogens with zero attached hydrogens (tertiary/aromatic N) is 1. The average molecular weight is 264 g/mol. The number of benzene rings is 1. The number of halogens is 3. The average Bonchev–Trinajstić information content (AvgIpc) is 2.29. The van der Waals surface area contributed by atoms with E-state index in [-0.39, 0.29) is 11.7 Å². The van der Waals surface area contributed by atoms with Crippen LogP contribution in [0, 0.1) is 5.82 Å². The minimum atomic E-state index is -0.363. The summed E-state index contributed by atoms with van der Waals surface area (Å²) in [5.41, 5.74) is 0.441. The molecule has 0 saturated heterocycles. The first-order chi connectivity index (χ1) is 7.69. The number of hydrogen-bond acceptors (Lipinski definition) is 1. The highest BCUT2D eigenvalue weighted by Gasteiger charge is 2.14. The molecule has 0 fully saturated rings. The fourth-order valence-electron chi connectivity index (χ4n) is 1.29. The zero-order valence-corrected chi connectivity index (χ0v) is 10.1. The molecule has 0 aromatic heterocycles. The molecule has 1 aromatic rings. The second-order valence-electron chi connectivity index (χ2n) is 3.18. The second kappa shape index (κ2) is 6.71. The summed E-state index contributed by atoms with van der Waals surface area (Å²) in [4.78, 5) is 13.5. The van der Waals surface area contributed by atoms with Crippen molar-refractivity contribution in [3.8, 4) is 0 Å². The highest BCUT2D eigenvalue weighted by Crippen LogP contribution is 2.07. The molecule has 0 atom stereocenters. The van der Waals surface area contributed by atoms with Gasteiger partial charge in [-0.1, -0.05) is 0 Å². The van der Waals surface area contributed by atoms with Gasteiger partial charge in [0.05, 0.1) is 0 Å². The fraction of sp³-hybridized carbons (Fsp3) is 0.364. The van der Waals surface area contributed by atoms with Crippen molar-refractivity contribution in [2.45, 2.75) is 0 Å². The van der Waals surface area contributed by atoms with Crippen LogP contribution in [0.5, 0.6) is 0 Å². The van der Waals surface area contributed by atoms with Gasteiger partial charge in [0.2, 0.25) is 0 Å². The van der Waals surface area contributed by atoms with Gasteiger partial charge in [-0.05, 0) is 24.3 Å². The zero-order valence-electron chi connectivity index (χ0n) is 8.63. The SMILES string of the molecule is O=C(c1ccc(F)cc1)N(CCCl)CCCl. The molecular weight excluding hydrogens is 252 g/mol. The van der Waals surface area contributed by atoms with E-state index in [1.54, 1.807) is 4.90 Å². The Balaban J connectivity index is 2.77. The van der Waals surface area contributed by atoms with Crippen LogP contribution in [0.4, 0.5) is 4.39 Å². The van der Waals surface area contributed by atoms with Gasteiger partial charge >= 0.3 is 0 Å². The summed E-state index contributed by atoms with van der Waals surface area (Å²) < 4.78 is 12.7. The van der Waals surface area contributed by atoms with Gasteiger partial charge in [-0.15, -0.1) is 23.2 Å². The maximum absolute atomic E-state index is 12.7. The van der Waals surface area contributed by atoms with Gasteiger partial charge in [0.15, 0.2) is 0 Å². The molecule has 16 heavy (non-hydrogen) atoms. The molecule has 0 aliphatic rings. The fourth-order valence-corrected chi connectivity index (χ4v) is 1.70. The van der Waals surface area contributed by atoms with Crippen LogP contribution in [0.3, 0.4) is 0 Å². The van der Waals surface area contributed by atoms with E-state index in [0.717, 1.165) is 0 Å². The smallest absolute Gasteiger partial charge is 0.253 e. The van der Waals surface area contributed by atoms with Crippen LogP contribution in [0.1, 0.15) is 10.4 Å². The third-order valence-electron chi connectivity index (χ3n) is 2.09. The molecule has 0 radical (unpaired) electrons. The lowest BCUT2D eigenvalue weighted by Gasteiger charge is -2.20. The molecule has 0 N–H and O–H groups in total. The van der Waals surface area contributed by atoms with E-state index in [0.29, 0.717) is 30.4 Å². The molecule has 0 unspecified atom stereocenters. The van der Waals surface area contributed by atoms with E-state index < -0.39 is 0 Å². The van der Waals surface area contributed by atoms with Crippen LogP contribution in [0.25, 0.3) is 0 Å². The predicted molar refractivity (Wildman–Crippen MR) is 63.7 cm³/mol. The van der Waals surface area contributed by atoms with Crippen molar-refractivity contribution in [1.82, 2.24) is 4.90 Å². The highest BCUT2D eigenvalue weighted by atomic mass is 35.5. The number of carbonyl (C=O) groups is 1. The van der Waals surface area contributed by atoms with Gasteiger partial charge in [0, 0.05) is 30.4 Å². The lowest BCUT2D eigenvalue weighted by molar-refractivity contribution is 0.0775. The van der Waals surface area contributed by atoms with Gasteiger partial charge in [-0.3, -0.25) is 4.79 Å². The molecular formula is C11H12Cl2FNO. The summed E-state index contributed by atoms with van der Waals surface area (Å²) in [6, 6.07) is 5.42. The molecule has 0 spiro atoms. The van der Waals surface area contributed by atoms with Crippen LogP contribution in [-0.2, 0) is 0 Å². The van der Waals surface area contributed by atoms with Crippen molar-refractivity contribution in [1.29, 1.82) is 0 Å². The van der Waals surface area contributed by atoms with Crippen molar-refractivity contribution >= 4 is 29.1 Å². The summed E-state index contributed by atoms with van der Waals surface area (Å²) in [6.07, 6.45) is 0. The molecule has 1 aromatic carbocycles. The van der Waals surface area contributed by atoms with E-state index in [1.165, 1.54) is 24.3 Å². The number of amides is 1. The predicted octanol–water partition coefficient (Wildman–Crippen LogP) is 2.75. The zero-order chi connectivity index (χ0) is 12.0. The van der Waals surface area contributed by atoms with Crippen molar-refractivity contribution in [2.24, 2.45) is 0 Å². The van der Waals surface area contributed by atoms with Crippen molar-refractivity contribution in [3.63, 3.8) is 0 Å². The molecule has 5 heteroatoms. The van der Waals surface area contributed by atoms with Gasteiger partial charge in [0.25, 0.3) is 5.91 Å². The van der Waals surface area contributed by atoms with Gasteiger partial charge in [-0.2, -0.15) is 0 Å². The summed E-state index contributed by atoms with van der Waals surface area (Å²) in [7, 11) is 0. The van der Waals surface area contributed by atoms with Crippen LogP contribution in [-0.4, -0.2) is 35.7 Å². The van der Waals surface area contributed by atoms with E-state index in [9.17, 15) is 9.18 Å². The molecule has 0 bridgehead atoms. The standard InChI is InChI=1S/C11H12Cl2FNO/c12-5-7-15(8-6-13)11(16)9-1-3-10(14)4-2-9/h1-4H,5-8H2. The molecule has 1 amide bonds. The Kier molecular flexibility index (Phi) is 5.56. The normalized spacial score (nSPS) is 10.2. The first-order valence-corrected chi connectivity index (χ1v) is 5.92. The van der Waals surface area contributed by atoms with Gasteiger partial charge < -0.3 is 4.90 Å². The van der Waals surface area contributed by atoms with E-state index in [2.05, 4.69) is 0 Å². The third-order valence-corrected chi connectivity index (χ3v) is 2.43. The Morgan fingerprint density at radius 3 is 2.06 bits per heavy atom. The summed E-state index contributed by atoms with van der Waals surface area (Å²) in [5, 5.41) is 0. The lowest BCUT2D eigenvalue weighted by Crippen LogP contribution is -2.34. The molecule has 0 aliphatic heterocycles. The third kappa shape index (κ3) is 3.65. The highest BCUT2D eigenvalue weighted by molar-refractivity contribution is 6.18. The lowest BCUT2D eigenvalue weighted by atomic mass is 10.2. The number of hydrogen-bond donors (Lipinski definition) is 0. The van der Waals surface area contributed by atoms with Crippen molar-refractivity contribution in [2.75, 3.05) is 24.8 Å². The van der Waals surface area contributed by atoms with E-state index in [4.69, 9.17) is 23.2 Å². The quantitative estimate of drug-likeness (QED) is 0.749. The van der Waals surface area contributed by atoms with E-state index in [1.807, 2.05) is 0 Å². The molecule has 88 valence electrons. The van der Waals surface area contributed by atoms with Crippen molar-refractivity contribution < 1.29 is 9.18 Å². The second-order valence-corrected chi connectivity index (χ2v) is 3.93. The molecule has 1 rings (SSSR count). The summed E-state index contributed by atoms with van der Waals surface area (Å²) >= 11 is 11.2. The first-order valence-electron chi connectivity index (χ1n) is 4.86. The van der Waals surface area contributed by atoms with Crippen LogP contribution in [0.2, 0.25) is 0 Å². The Morgan fingerprint density at radius 2 is 1.62 bits per heavy atom. The Morgan fingerprint density at radius 1 is 1.12 bits per heavy atom. The Bertz CT molecular complexity index is 336. The minimum Gasteiger partial charge on any atom is -0.336 e. The maximum atomic E-state index is 12.7.